The van der Waals surface area contributed by atoms with Crippen LogP contribution in [0.4, 0.5) is 0 Å². The third kappa shape index (κ3) is 1.64. The van der Waals surface area contributed by atoms with E-state index in [2.05, 4.69) is 10.4 Å². The van der Waals surface area contributed by atoms with Crippen LogP contribution in [0.15, 0.2) is 24.3 Å². The Morgan fingerprint density at radius 3 is 2.93 bits per heavy atom. The van der Waals surface area contributed by atoms with Gasteiger partial charge in [-0.2, -0.15) is 5.10 Å². The van der Waals surface area contributed by atoms with E-state index in [1.54, 1.807) is 18.8 Å². The molecule has 0 bridgehead atoms. The van der Waals surface area contributed by atoms with E-state index in [1.165, 1.54) is 0 Å². The summed E-state index contributed by atoms with van der Waals surface area (Å²) in [6.45, 7) is 0.337. The number of rotatable bonds is 3. The van der Waals surface area contributed by atoms with Gasteiger partial charge in [0.1, 0.15) is 5.69 Å². The molecule has 78 valence electrons. The standard InChI is InChI=1S/C11H13N3O/c1-12-7-10(15)11-8-5-3-4-6-9(8)13-14(11)2/h3-6,12H,7H2,1-2H3. The van der Waals surface area contributed by atoms with Gasteiger partial charge in [0, 0.05) is 12.4 Å². The maximum absolute atomic E-state index is 11.8. The Kier molecular flexibility index (Phi) is 2.51. The van der Waals surface area contributed by atoms with Gasteiger partial charge < -0.3 is 5.32 Å². The number of benzene rings is 1. The summed E-state index contributed by atoms with van der Waals surface area (Å²) in [5, 5.41) is 8.06. The van der Waals surface area contributed by atoms with E-state index in [4.69, 9.17) is 0 Å². The number of aromatic nitrogens is 2. The van der Waals surface area contributed by atoms with Crippen LogP contribution in [0.3, 0.4) is 0 Å². The summed E-state index contributed by atoms with van der Waals surface area (Å²) in [4.78, 5) is 11.8. The number of likely N-dealkylation sites (N-methyl/N-ethyl adjacent to an activating group) is 1. The van der Waals surface area contributed by atoms with Crippen molar-refractivity contribution in [1.82, 2.24) is 15.1 Å². The van der Waals surface area contributed by atoms with Gasteiger partial charge >= 0.3 is 0 Å². The highest BCUT2D eigenvalue weighted by Crippen LogP contribution is 2.17. The largest absolute Gasteiger partial charge is 0.313 e. The Morgan fingerprint density at radius 2 is 2.20 bits per heavy atom. The summed E-state index contributed by atoms with van der Waals surface area (Å²) < 4.78 is 1.64. The van der Waals surface area contributed by atoms with Crippen LogP contribution < -0.4 is 5.32 Å². The van der Waals surface area contributed by atoms with Crippen LogP contribution >= 0.6 is 0 Å². The lowest BCUT2D eigenvalue weighted by atomic mass is 10.1. The molecule has 4 heteroatoms. The van der Waals surface area contributed by atoms with Crippen molar-refractivity contribution in [3.05, 3.63) is 30.0 Å². The summed E-state index contributed by atoms with van der Waals surface area (Å²) in [5.41, 5.74) is 1.53. The molecule has 1 aromatic heterocycles. The average Bonchev–Trinajstić information content (AvgIpc) is 2.54. The summed E-state index contributed by atoms with van der Waals surface area (Å²) in [6.07, 6.45) is 0. The number of Topliss-reactive ketones (excluding diaryl/α,β-unsaturated/α-hetero) is 1. The molecule has 0 saturated heterocycles. The Hall–Kier alpha value is -1.68. The van der Waals surface area contributed by atoms with E-state index in [0.29, 0.717) is 12.2 Å². The van der Waals surface area contributed by atoms with E-state index in [-0.39, 0.29) is 5.78 Å². The number of nitrogens with zero attached hydrogens (tertiary/aromatic N) is 2. The number of carbonyl (C=O) groups is 1. The fourth-order valence-electron chi connectivity index (χ4n) is 1.72. The van der Waals surface area contributed by atoms with Crippen LogP contribution in [-0.2, 0) is 7.05 Å². The number of hydrogen-bond acceptors (Lipinski definition) is 3. The Labute approximate surface area is 87.9 Å². The molecule has 15 heavy (non-hydrogen) atoms. The number of nitrogens with one attached hydrogen (secondary N) is 1. The SMILES string of the molecule is CNCC(=O)c1c2ccccc2nn1C. The second-order valence-electron chi connectivity index (χ2n) is 3.44. The quantitative estimate of drug-likeness (QED) is 0.756. The second-order valence-corrected chi connectivity index (χ2v) is 3.44. The smallest absolute Gasteiger partial charge is 0.195 e. The van der Waals surface area contributed by atoms with Crippen molar-refractivity contribution < 1.29 is 4.79 Å². The minimum absolute atomic E-state index is 0.0636. The number of fused-ring (bicyclic) bond motifs is 1. The fourth-order valence-corrected chi connectivity index (χ4v) is 1.72. The molecule has 0 amide bonds. The van der Waals surface area contributed by atoms with Crippen molar-refractivity contribution in [1.29, 1.82) is 0 Å². The molecule has 0 unspecified atom stereocenters. The van der Waals surface area contributed by atoms with Gasteiger partial charge in [-0.3, -0.25) is 9.48 Å². The molecule has 0 aliphatic carbocycles. The van der Waals surface area contributed by atoms with Gasteiger partial charge in [0.2, 0.25) is 0 Å². The lowest BCUT2D eigenvalue weighted by molar-refractivity contribution is 0.0986. The first-order valence-corrected chi connectivity index (χ1v) is 4.83. The van der Waals surface area contributed by atoms with Gasteiger partial charge in [0.25, 0.3) is 0 Å². The molecular formula is C11H13N3O. The van der Waals surface area contributed by atoms with Crippen molar-refractivity contribution >= 4 is 16.7 Å². The summed E-state index contributed by atoms with van der Waals surface area (Å²) >= 11 is 0. The van der Waals surface area contributed by atoms with Crippen LogP contribution in [0.1, 0.15) is 10.5 Å². The molecule has 0 fully saturated rings. The van der Waals surface area contributed by atoms with Crippen LogP contribution in [0.2, 0.25) is 0 Å². The first-order chi connectivity index (χ1) is 7.24. The highest BCUT2D eigenvalue weighted by atomic mass is 16.1. The van der Waals surface area contributed by atoms with Gasteiger partial charge in [-0.05, 0) is 13.1 Å². The van der Waals surface area contributed by atoms with Gasteiger partial charge in [0.05, 0.1) is 12.1 Å². The van der Waals surface area contributed by atoms with Crippen molar-refractivity contribution in [2.24, 2.45) is 7.05 Å². The molecule has 0 radical (unpaired) electrons. The third-order valence-electron chi connectivity index (χ3n) is 2.34. The molecule has 2 aromatic rings. The molecule has 0 aliphatic heterocycles. The first kappa shape index (κ1) is 9.86. The predicted molar refractivity (Wildman–Crippen MR) is 59.0 cm³/mol. The van der Waals surface area contributed by atoms with Crippen molar-refractivity contribution in [2.45, 2.75) is 0 Å². The summed E-state index contributed by atoms with van der Waals surface area (Å²) in [7, 11) is 3.55. The van der Waals surface area contributed by atoms with Gasteiger partial charge in [-0.25, -0.2) is 0 Å². The van der Waals surface area contributed by atoms with Gasteiger partial charge in [-0.1, -0.05) is 18.2 Å². The fraction of sp³-hybridized carbons (Fsp3) is 0.273. The topological polar surface area (TPSA) is 46.9 Å². The van der Waals surface area contributed by atoms with E-state index in [0.717, 1.165) is 10.9 Å². The number of carbonyl (C=O) groups excluding carboxylic acids is 1. The van der Waals surface area contributed by atoms with Gasteiger partial charge in [0.15, 0.2) is 5.78 Å². The van der Waals surface area contributed by atoms with Crippen molar-refractivity contribution in [2.75, 3.05) is 13.6 Å². The first-order valence-electron chi connectivity index (χ1n) is 4.83. The zero-order chi connectivity index (χ0) is 10.8. The lowest BCUT2D eigenvalue weighted by Gasteiger charge is -2.00. The predicted octanol–water partition coefficient (Wildman–Crippen LogP) is 0.975. The Balaban J connectivity index is 2.58. The highest BCUT2D eigenvalue weighted by molar-refractivity contribution is 6.07. The second kappa shape index (κ2) is 3.82. The van der Waals surface area contributed by atoms with E-state index >= 15 is 0 Å². The molecular weight excluding hydrogens is 190 g/mol. The minimum atomic E-state index is 0.0636. The maximum atomic E-state index is 11.8. The molecule has 1 aromatic carbocycles. The molecule has 4 nitrogen and oxygen atoms in total. The van der Waals surface area contributed by atoms with Crippen LogP contribution in [-0.4, -0.2) is 29.2 Å². The van der Waals surface area contributed by atoms with Crippen molar-refractivity contribution in [3.63, 3.8) is 0 Å². The third-order valence-corrected chi connectivity index (χ3v) is 2.34. The zero-order valence-corrected chi connectivity index (χ0v) is 8.82. The normalized spacial score (nSPS) is 10.8. The summed E-state index contributed by atoms with van der Waals surface area (Å²) in [6, 6.07) is 7.67. The van der Waals surface area contributed by atoms with E-state index < -0.39 is 0 Å². The maximum Gasteiger partial charge on any atom is 0.195 e. The van der Waals surface area contributed by atoms with Gasteiger partial charge in [-0.15, -0.1) is 0 Å². The van der Waals surface area contributed by atoms with E-state index in [1.807, 2.05) is 24.3 Å². The molecule has 2 rings (SSSR count). The zero-order valence-electron chi connectivity index (χ0n) is 8.82. The average molecular weight is 203 g/mol. The Bertz CT molecular complexity index is 502. The number of ketones is 1. The van der Waals surface area contributed by atoms with Crippen molar-refractivity contribution in [3.8, 4) is 0 Å². The molecule has 1 N–H and O–H groups in total. The molecule has 0 aliphatic rings. The number of hydrogen-bond donors (Lipinski definition) is 1. The monoisotopic (exact) mass is 203 g/mol. The molecule has 0 saturated carbocycles. The molecule has 1 heterocycles. The van der Waals surface area contributed by atoms with Crippen LogP contribution in [0, 0.1) is 0 Å². The molecule has 0 atom stereocenters. The lowest BCUT2D eigenvalue weighted by Crippen LogP contribution is -2.21. The van der Waals surface area contributed by atoms with Crippen LogP contribution in [0.5, 0.6) is 0 Å². The van der Waals surface area contributed by atoms with E-state index in [9.17, 15) is 4.79 Å². The summed E-state index contributed by atoms with van der Waals surface area (Å²) in [5.74, 6) is 0.0636. The number of aryl methyl sites for hydroxylation is 1. The Morgan fingerprint density at radius 1 is 1.47 bits per heavy atom. The minimum Gasteiger partial charge on any atom is -0.313 e. The highest BCUT2D eigenvalue weighted by Gasteiger charge is 2.14. The molecule has 0 spiro atoms. The van der Waals surface area contributed by atoms with Crippen LogP contribution in [0.25, 0.3) is 10.9 Å².